The Kier molecular flexibility index (Phi) is 6.80. The number of nitrogens with one attached hydrogen (secondary N) is 2. The van der Waals surface area contributed by atoms with Crippen molar-refractivity contribution in [1.82, 2.24) is 15.5 Å². The van der Waals surface area contributed by atoms with Gasteiger partial charge in [-0.2, -0.15) is 0 Å². The van der Waals surface area contributed by atoms with Crippen LogP contribution in [0.25, 0.3) is 0 Å². The van der Waals surface area contributed by atoms with E-state index in [-0.39, 0.29) is 18.5 Å². The Bertz CT molecular complexity index is 299. The summed E-state index contributed by atoms with van der Waals surface area (Å²) in [5.74, 6) is 0.283. The van der Waals surface area contributed by atoms with Crippen LogP contribution in [0.2, 0.25) is 0 Å². The van der Waals surface area contributed by atoms with Gasteiger partial charge < -0.3 is 11.1 Å². The molecule has 1 rings (SSSR count). The van der Waals surface area contributed by atoms with Crippen molar-refractivity contribution in [3.8, 4) is 0 Å². The zero-order chi connectivity index (χ0) is 14.3. The molecule has 4 N–H and O–H groups in total. The summed E-state index contributed by atoms with van der Waals surface area (Å²) in [6.45, 7) is 6.68. The molecule has 0 spiro atoms. The van der Waals surface area contributed by atoms with E-state index in [1.54, 1.807) is 0 Å². The van der Waals surface area contributed by atoms with Crippen LogP contribution in [0.15, 0.2) is 0 Å². The van der Waals surface area contributed by atoms with Gasteiger partial charge in [0.2, 0.25) is 5.91 Å². The summed E-state index contributed by atoms with van der Waals surface area (Å²) in [5.41, 5.74) is 5.80. The summed E-state index contributed by atoms with van der Waals surface area (Å²) in [6, 6.07) is -0.155. The van der Waals surface area contributed by atoms with Crippen LogP contribution < -0.4 is 16.4 Å². The van der Waals surface area contributed by atoms with E-state index >= 15 is 0 Å². The molecule has 6 nitrogen and oxygen atoms in total. The maximum Gasteiger partial charge on any atom is 0.321 e. The monoisotopic (exact) mass is 270 g/mol. The number of carbonyl (C=O) groups excluding carboxylic acids is 2. The number of carbonyl (C=O) groups is 2. The van der Waals surface area contributed by atoms with E-state index in [9.17, 15) is 9.59 Å². The average Bonchev–Trinajstić information content (AvgIpc) is 2.31. The molecule has 110 valence electrons. The highest BCUT2D eigenvalue weighted by Gasteiger charge is 2.18. The van der Waals surface area contributed by atoms with Crippen LogP contribution in [0.3, 0.4) is 0 Å². The van der Waals surface area contributed by atoms with Gasteiger partial charge in [0.1, 0.15) is 0 Å². The normalized spacial score (nSPS) is 17.5. The Morgan fingerprint density at radius 1 is 1.32 bits per heavy atom. The smallest absolute Gasteiger partial charge is 0.321 e. The number of likely N-dealkylation sites (tertiary alicyclic amines) is 1. The molecule has 0 saturated carbocycles. The number of hydrogen-bond donors (Lipinski definition) is 3. The number of nitrogens with two attached hydrogens (primary N) is 1. The van der Waals surface area contributed by atoms with E-state index in [4.69, 9.17) is 5.73 Å². The summed E-state index contributed by atoms with van der Waals surface area (Å²) in [6.07, 6.45) is 2.73. The van der Waals surface area contributed by atoms with Gasteiger partial charge >= 0.3 is 6.03 Å². The Labute approximate surface area is 115 Å². The summed E-state index contributed by atoms with van der Waals surface area (Å²) in [7, 11) is 0. The summed E-state index contributed by atoms with van der Waals surface area (Å²) in [5, 5.41) is 5.03. The van der Waals surface area contributed by atoms with E-state index in [1.165, 1.54) is 0 Å². The van der Waals surface area contributed by atoms with Crippen LogP contribution in [-0.4, -0.2) is 49.1 Å². The number of imide groups is 1. The predicted octanol–water partition coefficient (Wildman–Crippen LogP) is 0.281. The van der Waals surface area contributed by atoms with E-state index < -0.39 is 6.03 Å². The Morgan fingerprint density at radius 3 is 2.53 bits per heavy atom. The fraction of sp³-hybridized carbons (Fsp3) is 0.846. The molecule has 0 atom stereocenters. The molecule has 3 amide bonds. The maximum atomic E-state index is 11.7. The van der Waals surface area contributed by atoms with Crippen LogP contribution in [0.1, 0.15) is 33.1 Å². The molecule has 19 heavy (non-hydrogen) atoms. The molecule has 1 heterocycles. The highest BCUT2D eigenvalue weighted by Crippen LogP contribution is 2.07. The molecule has 0 bridgehead atoms. The van der Waals surface area contributed by atoms with Gasteiger partial charge in [-0.1, -0.05) is 13.8 Å². The van der Waals surface area contributed by atoms with Crippen molar-refractivity contribution in [1.29, 1.82) is 0 Å². The van der Waals surface area contributed by atoms with Crippen LogP contribution in [0.5, 0.6) is 0 Å². The van der Waals surface area contributed by atoms with Gasteiger partial charge in [-0.05, 0) is 25.2 Å². The van der Waals surface area contributed by atoms with Crippen molar-refractivity contribution in [3.05, 3.63) is 0 Å². The third-order valence-corrected chi connectivity index (χ3v) is 3.26. The third-order valence-electron chi connectivity index (χ3n) is 3.26. The Balaban J connectivity index is 2.14. The quantitative estimate of drug-likeness (QED) is 0.669. The molecule has 0 aromatic rings. The molecule has 1 aliphatic heterocycles. The minimum absolute atomic E-state index is 0.249. The van der Waals surface area contributed by atoms with E-state index in [1.807, 2.05) is 4.90 Å². The first-order chi connectivity index (χ1) is 8.97. The molecule has 0 aliphatic carbocycles. The molecule has 0 aromatic heterocycles. The number of hydrogen-bond acceptors (Lipinski definition) is 4. The second-order valence-corrected chi connectivity index (χ2v) is 5.60. The van der Waals surface area contributed by atoms with Crippen LogP contribution in [0, 0.1) is 5.92 Å². The molecule has 1 aliphatic rings. The first-order valence-electron chi connectivity index (χ1n) is 7.03. The Hall–Kier alpha value is -1.14. The topological polar surface area (TPSA) is 87.5 Å². The predicted molar refractivity (Wildman–Crippen MR) is 74.6 cm³/mol. The number of nitrogens with zero attached hydrogens (tertiary/aromatic N) is 1. The average molecular weight is 270 g/mol. The molecule has 0 unspecified atom stereocenters. The van der Waals surface area contributed by atoms with Crippen molar-refractivity contribution in [2.24, 2.45) is 11.7 Å². The Morgan fingerprint density at radius 2 is 1.95 bits per heavy atom. The van der Waals surface area contributed by atoms with Gasteiger partial charge in [0.25, 0.3) is 0 Å². The molecular weight excluding hydrogens is 244 g/mol. The molecule has 1 saturated heterocycles. The van der Waals surface area contributed by atoms with Crippen molar-refractivity contribution in [3.63, 3.8) is 0 Å². The van der Waals surface area contributed by atoms with Crippen LogP contribution in [-0.2, 0) is 4.79 Å². The second-order valence-electron chi connectivity index (χ2n) is 5.60. The lowest BCUT2D eigenvalue weighted by Gasteiger charge is -2.29. The second kappa shape index (κ2) is 8.12. The zero-order valence-electron chi connectivity index (χ0n) is 11.9. The van der Waals surface area contributed by atoms with Crippen LogP contribution in [0.4, 0.5) is 4.79 Å². The van der Waals surface area contributed by atoms with E-state index in [0.717, 1.165) is 32.4 Å². The third kappa shape index (κ3) is 7.12. The minimum Gasteiger partial charge on any atom is -0.338 e. The number of piperidine rings is 1. The molecule has 6 heteroatoms. The first-order valence-corrected chi connectivity index (χ1v) is 7.03. The van der Waals surface area contributed by atoms with Crippen molar-refractivity contribution >= 4 is 11.9 Å². The summed E-state index contributed by atoms with van der Waals surface area (Å²) < 4.78 is 0. The fourth-order valence-electron chi connectivity index (χ4n) is 2.00. The highest BCUT2D eigenvalue weighted by atomic mass is 16.2. The van der Waals surface area contributed by atoms with E-state index in [2.05, 4.69) is 24.5 Å². The molecular formula is C13H26N4O2. The lowest BCUT2D eigenvalue weighted by Crippen LogP contribution is -2.47. The van der Waals surface area contributed by atoms with Crippen molar-refractivity contribution < 1.29 is 9.59 Å². The van der Waals surface area contributed by atoms with Gasteiger partial charge in [0.15, 0.2) is 0 Å². The standard InChI is InChI=1S/C13H26N4O2/c1-10(2)3-6-15-13(19)16-12(18)9-17-7-4-11(14)5-8-17/h10-11H,3-9,14H2,1-2H3,(H2,15,16,18,19). The lowest BCUT2D eigenvalue weighted by molar-refractivity contribution is -0.121. The van der Waals surface area contributed by atoms with Crippen molar-refractivity contribution in [2.45, 2.75) is 39.2 Å². The SMILES string of the molecule is CC(C)CCNC(=O)NC(=O)CN1CCC(N)CC1. The first kappa shape index (κ1) is 15.9. The van der Waals surface area contributed by atoms with Gasteiger partial charge in [-0.15, -0.1) is 0 Å². The lowest BCUT2D eigenvalue weighted by atomic mass is 10.1. The minimum atomic E-state index is -0.403. The van der Waals surface area contributed by atoms with Gasteiger partial charge in [-0.25, -0.2) is 4.79 Å². The molecule has 1 fully saturated rings. The summed E-state index contributed by atoms with van der Waals surface area (Å²) in [4.78, 5) is 25.1. The molecule has 0 aromatic carbocycles. The van der Waals surface area contributed by atoms with Gasteiger partial charge in [0.05, 0.1) is 6.54 Å². The number of urea groups is 1. The fourth-order valence-corrected chi connectivity index (χ4v) is 2.00. The number of amides is 3. The highest BCUT2D eigenvalue weighted by molar-refractivity contribution is 5.95. The maximum absolute atomic E-state index is 11.7. The van der Waals surface area contributed by atoms with Crippen molar-refractivity contribution in [2.75, 3.05) is 26.2 Å². The number of rotatable bonds is 5. The summed E-state index contributed by atoms with van der Waals surface area (Å²) >= 11 is 0. The molecule has 0 radical (unpaired) electrons. The largest absolute Gasteiger partial charge is 0.338 e. The van der Waals surface area contributed by atoms with E-state index in [0.29, 0.717) is 12.5 Å². The zero-order valence-corrected chi connectivity index (χ0v) is 11.9. The van der Waals surface area contributed by atoms with Gasteiger partial charge in [0, 0.05) is 25.7 Å². The van der Waals surface area contributed by atoms with Crippen LogP contribution >= 0.6 is 0 Å². The van der Waals surface area contributed by atoms with Gasteiger partial charge in [-0.3, -0.25) is 15.0 Å².